The Hall–Kier alpha value is -0.890. The highest BCUT2D eigenvalue weighted by atomic mass is 14.8. The minimum absolute atomic E-state index is 0.167. The van der Waals surface area contributed by atoms with Crippen LogP contribution in [0, 0.1) is 12.3 Å². The highest BCUT2D eigenvalue weighted by Crippen LogP contribution is 2.48. The molecule has 0 radical (unpaired) electrons. The fraction of sp³-hybridized carbons (Fsp3) is 0.643. The van der Waals surface area contributed by atoms with Crippen LogP contribution in [0.4, 0.5) is 0 Å². The average Bonchev–Trinajstić information content (AvgIpc) is 2.22. The summed E-state index contributed by atoms with van der Waals surface area (Å²) >= 11 is 0. The molecule has 2 N–H and O–H groups in total. The molecule has 0 amide bonds. The first-order valence-corrected chi connectivity index (χ1v) is 6.17. The molecule has 1 aliphatic rings. The maximum absolute atomic E-state index is 6.69. The fourth-order valence-corrected chi connectivity index (χ4v) is 2.87. The summed E-state index contributed by atoms with van der Waals surface area (Å²) in [6, 6.07) is 2.19. The summed E-state index contributed by atoms with van der Waals surface area (Å²) in [7, 11) is 0. The summed E-state index contributed by atoms with van der Waals surface area (Å²) in [6.07, 6.45) is 8.64. The lowest BCUT2D eigenvalue weighted by molar-refractivity contribution is 0.0975. The zero-order valence-corrected chi connectivity index (χ0v) is 10.6. The smallest absolute Gasteiger partial charge is 0.0476 e. The standard InChI is InChI=1S/C14H22N2/c1-11-8-12(10-16-9-11)14(15)7-5-4-6-13(14,2)3/h8-10H,4-7,15H2,1-3H3. The van der Waals surface area contributed by atoms with Crippen molar-refractivity contribution in [1.29, 1.82) is 0 Å². The van der Waals surface area contributed by atoms with Crippen molar-refractivity contribution in [3.8, 4) is 0 Å². The minimum Gasteiger partial charge on any atom is -0.321 e. The predicted octanol–water partition coefficient (Wildman–Crippen LogP) is 3.14. The van der Waals surface area contributed by atoms with E-state index >= 15 is 0 Å². The summed E-state index contributed by atoms with van der Waals surface area (Å²) in [5.41, 5.74) is 9.05. The molecule has 1 aliphatic carbocycles. The van der Waals surface area contributed by atoms with Crippen LogP contribution in [0.25, 0.3) is 0 Å². The lowest BCUT2D eigenvalue weighted by Gasteiger charge is -2.48. The first-order valence-electron chi connectivity index (χ1n) is 6.17. The molecule has 2 nitrogen and oxygen atoms in total. The molecular weight excluding hydrogens is 196 g/mol. The van der Waals surface area contributed by atoms with Crippen molar-refractivity contribution in [1.82, 2.24) is 4.98 Å². The van der Waals surface area contributed by atoms with E-state index in [1.807, 2.05) is 12.4 Å². The molecule has 88 valence electrons. The van der Waals surface area contributed by atoms with E-state index in [2.05, 4.69) is 31.8 Å². The van der Waals surface area contributed by atoms with E-state index in [0.29, 0.717) is 0 Å². The molecule has 2 heteroatoms. The molecule has 16 heavy (non-hydrogen) atoms. The Balaban J connectivity index is 2.43. The maximum atomic E-state index is 6.69. The first-order chi connectivity index (χ1) is 7.46. The van der Waals surface area contributed by atoms with E-state index in [4.69, 9.17) is 5.73 Å². The van der Waals surface area contributed by atoms with Gasteiger partial charge in [-0.1, -0.05) is 32.8 Å². The van der Waals surface area contributed by atoms with Gasteiger partial charge in [0, 0.05) is 17.9 Å². The van der Waals surface area contributed by atoms with Crippen molar-refractivity contribution in [2.24, 2.45) is 11.1 Å². The third-order valence-electron chi connectivity index (χ3n) is 4.22. The zero-order valence-electron chi connectivity index (χ0n) is 10.6. The second-order valence-electron chi connectivity index (χ2n) is 5.81. The molecule has 1 fully saturated rings. The molecule has 1 heterocycles. The average molecular weight is 218 g/mol. The Kier molecular flexibility index (Phi) is 2.79. The quantitative estimate of drug-likeness (QED) is 0.786. The Bertz CT molecular complexity index is 384. The van der Waals surface area contributed by atoms with Gasteiger partial charge in [0.15, 0.2) is 0 Å². The minimum atomic E-state index is -0.204. The molecule has 0 saturated heterocycles. The number of aromatic nitrogens is 1. The van der Waals surface area contributed by atoms with E-state index in [-0.39, 0.29) is 11.0 Å². The number of aryl methyl sites for hydroxylation is 1. The molecule has 0 aromatic carbocycles. The molecule has 1 aromatic heterocycles. The van der Waals surface area contributed by atoms with Crippen LogP contribution < -0.4 is 5.73 Å². The van der Waals surface area contributed by atoms with Crippen LogP contribution in [0.3, 0.4) is 0 Å². The number of nitrogens with zero attached hydrogens (tertiary/aromatic N) is 1. The molecular formula is C14H22N2. The third kappa shape index (κ3) is 1.75. The second-order valence-corrected chi connectivity index (χ2v) is 5.81. The van der Waals surface area contributed by atoms with Gasteiger partial charge in [-0.25, -0.2) is 0 Å². The van der Waals surface area contributed by atoms with Crippen LogP contribution in [0.15, 0.2) is 18.5 Å². The van der Waals surface area contributed by atoms with Gasteiger partial charge in [-0.3, -0.25) is 4.98 Å². The van der Waals surface area contributed by atoms with Crippen molar-refractivity contribution in [2.75, 3.05) is 0 Å². The summed E-state index contributed by atoms with van der Waals surface area (Å²) in [4.78, 5) is 4.29. The fourth-order valence-electron chi connectivity index (χ4n) is 2.87. The van der Waals surface area contributed by atoms with Gasteiger partial charge in [-0.15, -0.1) is 0 Å². The van der Waals surface area contributed by atoms with E-state index < -0.39 is 0 Å². The lowest BCUT2D eigenvalue weighted by atomic mass is 9.61. The molecule has 1 atom stereocenters. The van der Waals surface area contributed by atoms with Gasteiger partial charge in [0.1, 0.15) is 0 Å². The van der Waals surface area contributed by atoms with Crippen LogP contribution in [0.1, 0.15) is 50.7 Å². The molecule has 2 rings (SSSR count). The monoisotopic (exact) mass is 218 g/mol. The number of pyridine rings is 1. The van der Waals surface area contributed by atoms with Crippen molar-refractivity contribution >= 4 is 0 Å². The zero-order chi connectivity index (χ0) is 11.8. The van der Waals surface area contributed by atoms with Crippen molar-refractivity contribution in [3.05, 3.63) is 29.6 Å². The van der Waals surface area contributed by atoms with Gasteiger partial charge in [0.25, 0.3) is 0 Å². The molecule has 1 unspecified atom stereocenters. The largest absolute Gasteiger partial charge is 0.321 e. The lowest BCUT2D eigenvalue weighted by Crippen LogP contribution is -2.51. The van der Waals surface area contributed by atoms with Crippen LogP contribution >= 0.6 is 0 Å². The summed E-state index contributed by atoms with van der Waals surface area (Å²) in [5, 5.41) is 0. The highest BCUT2D eigenvalue weighted by molar-refractivity contribution is 5.27. The van der Waals surface area contributed by atoms with E-state index in [0.717, 1.165) is 6.42 Å². The SMILES string of the molecule is Cc1cncc(C2(N)CCCCC2(C)C)c1. The molecule has 0 spiro atoms. The molecule has 0 bridgehead atoms. The van der Waals surface area contributed by atoms with E-state index in [1.54, 1.807) is 0 Å². The topological polar surface area (TPSA) is 38.9 Å². The van der Waals surface area contributed by atoms with Gasteiger partial charge in [-0.05, 0) is 36.3 Å². The van der Waals surface area contributed by atoms with Gasteiger partial charge in [-0.2, -0.15) is 0 Å². The first kappa shape index (κ1) is 11.6. The predicted molar refractivity (Wildman–Crippen MR) is 67.1 cm³/mol. The summed E-state index contributed by atoms with van der Waals surface area (Å²) < 4.78 is 0. The van der Waals surface area contributed by atoms with Crippen molar-refractivity contribution in [2.45, 2.75) is 52.0 Å². The maximum Gasteiger partial charge on any atom is 0.0476 e. The van der Waals surface area contributed by atoms with Gasteiger partial charge in [0.2, 0.25) is 0 Å². The van der Waals surface area contributed by atoms with Crippen LogP contribution in [-0.4, -0.2) is 4.98 Å². The Morgan fingerprint density at radius 3 is 2.50 bits per heavy atom. The van der Waals surface area contributed by atoms with Crippen LogP contribution in [0.2, 0.25) is 0 Å². The molecule has 0 aliphatic heterocycles. The Morgan fingerprint density at radius 2 is 1.88 bits per heavy atom. The number of nitrogens with two attached hydrogens (primary N) is 1. The number of rotatable bonds is 1. The normalized spacial score (nSPS) is 29.0. The highest BCUT2D eigenvalue weighted by Gasteiger charge is 2.44. The summed E-state index contributed by atoms with van der Waals surface area (Å²) in [6.45, 7) is 6.65. The number of hydrogen-bond donors (Lipinski definition) is 1. The van der Waals surface area contributed by atoms with Crippen LogP contribution in [0.5, 0.6) is 0 Å². The van der Waals surface area contributed by atoms with E-state index in [9.17, 15) is 0 Å². The Labute approximate surface area is 98.3 Å². The van der Waals surface area contributed by atoms with Gasteiger partial charge < -0.3 is 5.73 Å². The van der Waals surface area contributed by atoms with Crippen LogP contribution in [-0.2, 0) is 5.54 Å². The molecule has 1 saturated carbocycles. The van der Waals surface area contributed by atoms with Crippen molar-refractivity contribution < 1.29 is 0 Å². The van der Waals surface area contributed by atoms with Gasteiger partial charge in [0.05, 0.1) is 0 Å². The second kappa shape index (κ2) is 3.85. The molecule has 1 aromatic rings. The summed E-state index contributed by atoms with van der Waals surface area (Å²) in [5.74, 6) is 0. The Morgan fingerprint density at radius 1 is 1.19 bits per heavy atom. The van der Waals surface area contributed by atoms with Gasteiger partial charge >= 0.3 is 0 Å². The van der Waals surface area contributed by atoms with Crippen molar-refractivity contribution in [3.63, 3.8) is 0 Å². The number of hydrogen-bond acceptors (Lipinski definition) is 2. The third-order valence-corrected chi connectivity index (χ3v) is 4.22. The van der Waals surface area contributed by atoms with E-state index in [1.165, 1.54) is 30.4 Å².